The average molecular weight is 535 g/mol. The van der Waals surface area contributed by atoms with E-state index in [2.05, 4.69) is 11.6 Å². The Morgan fingerprint density at radius 3 is 2.71 bits per heavy atom. The third-order valence-electron chi connectivity index (χ3n) is 6.06. The van der Waals surface area contributed by atoms with E-state index in [4.69, 9.17) is 14.2 Å². The van der Waals surface area contributed by atoms with Crippen LogP contribution in [0.4, 0.5) is 0 Å². The SMILES string of the molecule is C=CCc1cc(/C=c2\sc3n(c2=O)[C@H](c2cccc(OC)c2)C(C(=O)OCC)=C(C)N=3)cc(OCC)c1O. The van der Waals surface area contributed by atoms with Gasteiger partial charge in [-0.2, -0.15) is 0 Å². The standard InChI is InChI=1S/C29H30N2O6S/c1-6-10-20-13-18(14-22(26(20)32)36-7-2)15-23-27(33)31-25(19-11-9-12-21(16-19)35-5)24(28(34)37-8-3)17(4)30-29(31)38-23/h6,9,11-16,25,32H,1,7-8,10H2,2-5H3/b23-15-/t25-/m1/s1. The maximum Gasteiger partial charge on any atom is 0.338 e. The number of benzene rings is 2. The summed E-state index contributed by atoms with van der Waals surface area (Å²) in [5, 5.41) is 10.6. The highest BCUT2D eigenvalue weighted by Gasteiger charge is 2.33. The maximum atomic E-state index is 13.9. The molecule has 1 aromatic heterocycles. The monoisotopic (exact) mass is 534 g/mol. The minimum absolute atomic E-state index is 0.0538. The molecule has 3 aromatic rings. The number of aromatic nitrogens is 1. The lowest BCUT2D eigenvalue weighted by Gasteiger charge is -2.25. The normalized spacial score (nSPS) is 15.1. The molecule has 0 bridgehead atoms. The summed E-state index contributed by atoms with van der Waals surface area (Å²) >= 11 is 1.23. The first-order chi connectivity index (χ1) is 18.3. The molecule has 2 heterocycles. The number of fused-ring (bicyclic) bond motifs is 1. The van der Waals surface area contributed by atoms with Crippen LogP contribution in [0.3, 0.4) is 0 Å². The highest BCUT2D eigenvalue weighted by Crippen LogP contribution is 2.34. The Bertz CT molecular complexity index is 1600. The molecule has 0 saturated carbocycles. The van der Waals surface area contributed by atoms with Crippen molar-refractivity contribution in [3.05, 3.63) is 96.7 Å². The lowest BCUT2D eigenvalue weighted by Crippen LogP contribution is -2.39. The summed E-state index contributed by atoms with van der Waals surface area (Å²) in [6, 6.07) is 10.0. The first-order valence-electron chi connectivity index (χ1n) is 12.3. The molecule has 0 fully saturated rings. The lowest BCUT2D eigenvalue weighted by atomic mass is 9.95. The summed E-state index contributed by atoms with van der Waals surface area (Å²) in [6.07, 6.45) is 3.87. The van der Waals surface area contributed by atoms with E-state index >= 15 is 0 Å². The Morgan fingerprint density at radius 1 is 1.24 bits per heavy atom. The van der Waals surface area contributed by atoms with Gasteiger partial charge in [0.15, 0.2) is 16.3 Å². The van der Waals surface area contributed by atoms with E-state index in [0.717, 1.165) is 0 Å². The van der Waals surface area contributed by atoms with E-state index in [-0.39, 0.29) is 17.9 Å². The molecular formula is C29H30N2O6S. The molecule has 0 saturated heterocycles. The van der Waals surface area contributed by atoms with Gasteiger partial charge in [0.2, 0.25) is 0 Å². The zero-order chi connectivity index (χ0) is 27.4. The number of methoxy groups -OCH3 is 1. The second-order valence-electron chi connectivity index (χ2n) is 8.53. The van der Waals surface area contributed by atoms with Gasteiger partial charge in [-0.05, 0) is 68.7 Å². The number of aromatic hydroxyl groups is 1. The molecule has 9 heteroatoms. The summed E-state index contributed by atoms with van der Waals surface area (Å²) in [7, 11) is 1.56. The number of thiazole rings is 1. The van der Waals surface area contributed by atoms with E-state index in [9.17, 15) is 14.7 Å². The van der Waals surface area contributed by atoms with Crippen LogP contribution in [0.2, 0.25) is 0 Å². The Balaban J connectivity index is 1.95. The van der Waals surface area contributed by atoms with Crippen molar-refractivity contribution in [1.82, 2.24) is 4.57 Å². The fourth-order valence-corrected chi connectivity index (χ4v) is 5.47. The molecular weight excluding hydrogens is 504 g/mol. The van der Waals surface area contributed by atoms with Gasteiger partial charge >= 0.3 is 5.97 Å². The van der Waals surface area contributed by atoms with E-state index < -0.39 is 12.0 Å². The summed E-state index contributed by atoms with van der Waals surface area (Å²) in [6.45, 7) is 9.64. The van der Waals surface area contributed by atoms with Crippen molar-refractivity contribution < 1.29 is 24.1 Å². The van der Waals surface area contributed by atoms with Crippen molar-refractivity contribution in [2.45, 2.75) is 33.2 Å². The Kier molecular flexibility index (Phi) is 8.16. The molecule has 0 aliphatic carbocycles. The zero-order valence-corrected chi connectivity index (χ0v) is 22.6. The molecule has 0 unspecified atom stereocenters. The van der Waals surface area contributed by atoms with Gasteiger partial charge in [-0.15, -0.1) is 6.58 Å². The van der Waals surface area contributed by atoms with E-state index in [1.165, 1.54) is 15.9 Å². The average Bonchev–Trinajstić information content (AvgIpc) is 3.20. The smallest absolute Gasteiger partial charge is 0.338 e. The number of carbonyl (C=O) groups excluding carboxylic acids is 1. The van der Waals surface area contributed by atoms with Gasteiger partial charge in [0, 0.05) is 5.56 Å². The summed E-state index contributed by atoms with van der Waals surface area (Å²) in [5.74, 6) is 0.466. The zero-order valence-electron chi connectivity index (χ0n) is 21.8. The van der Waals surface area contributed by atoms with Crippen LogP contribution < -0.4 is 24.4 Å². The van der Waals surface area contributed by atoms with Crippen molar-refractivity contribution in [2.24, 2.45) is 4.99 Å². The molecule has 1 atom stereocenters. The number of esters is 1. The van der Waals surface area contributed by atoms with Crippen LogP contribution in [0, 0.1) is 0 Å². The number of phenols is 1. The molecule has 8 nitrogen and oxygen atoms in total. The number of nitrogens with zero attached hydrogens (tertiary/aromatic N) is 2. The molecule has 1 aliphatic rings. The van der Waals surface area contributed by atoms with Crippen LogP contribution in [0.25, 0.3) is 6.08 Å². The quantitative estimate of drug-likeness (QED) is 0.333. The topological polar surface area (TPSA) is 99.4 Å². The summed E-state index contributed by atoms with van der Waals surface area (Å²) < 4.78 is 18.3. The Morgan fingerprint density at radius 2 is 2.03 bits per heavy atom. The summed E-state index contributed by atoms with van der Waals surface area (Å²) in [5.41, 5.74) is 2.52. The molecule has 4 rings (SSSR count). The Labute approximate surface area is 224 Å². The van der Waals surface area contributed by atoms with Gasteiger partial charge < -0.3 is 19.3 Å². The van der Waals surface area contributed by atoms with Gasteiger partial charge in [-0.3, -0.25) is 9.36 Å². The van der Waals surface area contributed by atoms with Gasteiger partial charge in [-0.25, -0.2) is 9.79 Å². The second-order valence-corrected chi connectivity index (χ2v) is 9.54. The van der Waals surface area contributed by atoms with Crippen molar-refractivity contribution in [1.29, 1.82) is 0 Å². The van der Waals surface area contributed by atoms with Gasteiger partial charge in [0.1, 0.15) is 5.75 Å². The number of phenolic OH excluding ortho intramolecular Hbond substituents is 1. The second kappa shape index (κ2) is 11.5. The molecule has 0 spiro atoms. The molecule has 38 heavy (non-hydrogen) atoms. The first kappa shape index (κ1) is 26.9. The number of carbonyl (C=O) groups is 1. The van der Waals surface area contributed by atoms with E-state index in [0.29, 0.717) is 61.8 Å². The van der Waals surface area contributed by atoms with Gasteiger partial charge in [0.05, 0.1) is 42.2 Å². The molecule has 1 N–H and O–H groups in total. The highest BCUT2D eigenvalue weighted by molar-refractivity contribution is 7.07. The first-order valence-corrected chi connectivity index (χ1v) is 13.1. The molecule has 0 amide bonds. The largest absolute Gasteiger partial charge is 0.504 e. The third kappa shape index (κ3) is 5.15. The fraction of sp³-hybridized carbons (Fsp3) is 0.276. The molecule has 1 aliphatic heterocycles. The van der Waals surface area contributed by atoms with Crippen LogP contribution in [-0.4, -0.2) is 36.0 Å². The predicted molar refractivity (Wildman–Crippen MR) is 147 cm³/mol. The van der Waals surface area contributed by atoms with E-state index in [1.54, 1.807) is 57.4 Å². The maximum absolute atomic E-state index is 13.9. The van der Waals surface area contributed by atoms with Crippen molar-refractivity contribution in [2.75, 3.05) is 20.3 Å². The number of hydrogen-bond donors (Lipinski definition) is 1. The van der Waals surface area contributed by atoms with Crippen molar-refractivity contribution in [3.8, 4) is 17.2 Å². The van der Waals surface area contributed by atoms with E-state index in [1.807, 2.05) is 19.1 Å². The number of hydrogen-bond acceptors (Lipinski definition) is 8. The fourth-order valence-electron chi connectivity index (χ4n) is 4.42. The van der Waals surface area contributed by atoms with Crippen molar-refractivity contribution >= 4 is 23.4 Å². The van der Waals surface area contributed by atoms with Crippen LogP contribution in [-0.2, 0) is 16.0 Å². The molecule has 0 radical (unpaired) electrons. The minimum atomic E-state index is -0.738. The number of allylic oxidation sites excluding steroid dienone is 2. The number of rotatable bonds is 9. The van der Waals surface area contributed by atoms with Crippen molar-refractivity contribution in [3.63, 3.8) is 0 Å². The molecule has 2 aromatic carbocycles. The van der Waals surface area contributed by atoms with Crippen LogP contribution in [0.1, 0.15) is 43.5 Å². The van der Waals surface area contributed by atoms with Gasteiger partial charge in [0.25, 0.3) is 5.56 Å². The van der Waals surface area contributed by atoms with Crippen LogP contribution >= 0.6 is 11.3 Å². The molecule has 198 valence electrons. The highest BCUT2D eigenvalue weighted by atomic mass is 32.1. The van der Waals surface area contributed by atoms with Crippen LogP contribution in [0.15, 0.2) is 70.1 Å². The van der Waals surface area contributed by atoms with Crippen LogP contribution in [0.5, 0.6) is 17.2 Å². The predicted octanol–water partition coefficient (Wildman–Crippen LogP) is 3.64. The summed E-state index contributed by atoms with van der Waals surface area (Å²) in [4.78, 5) is 32.0. The third-order valence-corrected chi connectivity index (χ3v) is 7.05. The Hall–Kier alpha value is -4.11. The minimum Gasteiger partial charge on any atom is -0.504 e. The lowest BCUT2D eigenvalue weighted by molar-refractivity contribution is -0.139. The van der Waals surface area contributed by atoms with Gasteiger partial charge in [-0.1, -0.05) is 29.5 Å². The number of ether oxygens (including phenoxy) is 3.